The summed E-state index contributed by atoms with van der Waals surface area (Å²) < 4.78 is 28.5. The minimum absolute atomic E-state index is 0.0260. The number of hydrogen-bond acceptors (Lipinski definition) is 6. The third kappa shape index (κ3) is 3.99. The number of nitrogens with zero attached hydrogens (tertiary/aromatic N) is 2. The number of amides is 2. The van der Waals surface area contributed by atoms with Crippen molar-refractivity contribution in [2.75, 3.05) is 23.9 Å². The first-order valence-corrected chi connectivity index (χ1v) is 10.2. The standard InChI is InChI=1S/C16H18ClN3O5S/c1-25-14-4-2-10(17)8-13(14)18-16(22)12-3-5-15(21)20(19-12)11-6-7-26(23,24)9-11/h2,4,8,11H,3,5-7,9H2,1H3,(H,18,22). The Balaban J connectivity index is 1.80. The zero-order valence-electron chi connectivity index (χ0n) is 14.1. The molecule has 1 N–H and O–H groups in total. The fourth-order valence-electron chi connectivity index (χ4n) is 2.96. The van der Waals surface area contributed by atoms with Crippen LogP contribution in [-0.4, -0.2) is 55.6 Å². The van der Waals surface area contributed by atoms with Gasteiger partial charge >= 0.3 is 0 Å². The van der Waals surface area contributed by atoms with Crippen molar-refractivity contribution in [3.05, 3.63) is 23.2 Å². The minimum atomic E-state index is -3.16. The van der Waals surface area contributed by atoms with Crippen molar-refractivity contribution >= 4 is 44.7 Å². The molecule has 1 aromatic carbocycles. The molecular formula is C16H18ClN3O5S. The van der Waals surface area contributed by atoms with Crippen LogP contribution in [0.5, 0.6) is 5.75 Å². The lowest BCUT2D eigenvalue weighted by atomic mass is 10.1. The van der Waals surface area contributed by atoms with Gasteiger partial charge in [0, 0.05) is 17.9 Å². The molecule has 0 bridgehead atoms. The van der Waals surface area contributed by atoms with Gasteiger partial charge in [-0.05, 0) is 24.6 Å². The van der Waals surface area contributed by atoms with Crippen LogP contribution in [-0.2, 0) is 19.4 Å². The van der Waals surface area contributed by atoms with Crippen LogP contribution in [0.4, 0.5) is 5.69 Å². The fourth-order valence-corrected chi connectivity index (χ4v) is 4.82. The van der Waals surface area contributed by atoms with Gasteiger partial charge < -0.3 is 10.1 Å². The first-order chi connectivity index (χ1) is 12.3. The van der Waals surface area contributed by atoms with E-state index in [0.717, 1.165) is 5.01 Å². The van der Waals surface area contributed by atoms with Crippen molar-refractivity contribution < 1.29 is 22.7 Å². The second-order valence-electron chi connectivity index (χ2n) is 6.14. The number of halogens is 1. The van der Waals surface area contributed by atoms with Crippen LogP contribution < -0.4 is 10.1 Å². The van der Waals surface area contributed by atoms with E-state index < -0.39 is 21.8 Å². The zero-order chi connectivity index (χ0) is 18.9. The summed E-state index contributed by atoms with van der Waals surface area (Å²) in [5.41, 5.74) is 0.551. The van der Waals surface area contributed by atoms with Crippen molar-refractivity contribution in [1.29, 1.82) is 0 Å². The molecule has 1 aromatic rings. The Bertz CT molecular complexity index is 884. The van der Waals surface area contributed by atoms with Crippen LogP contribution in [0.1, 0.15) is 19.3 Å². The Morgan fingerprint density at radius 2 is 2.15 bits per heavy atom. The highest BCUT2D eigenvalue weighted by Gasteiger charge is 2.37. The summed E-state index contributed by atoms with van der Waals surface area (Å²) in [5, 5.41) is 8.39. The number of hydrogen-bond donors (Lipinski definition) is 1. The fraction of sp³-hybridized carbons (Fsp3) is 0.438. The lowest BCUT2D eigenvalue weighted by molar-refractivity contribution is -0.133. The van der Waals surface area contributed by atoms with Crippen molar-refractivity contribution in [3.8, 4) is 5.75 Å². The average Bonchev–Trinajstić information content (AvgIpc) is 2.95. The third-order valence-corrected chi connectivity index (χ3v) is 6.27. The number of hydrazone groups is 1. The summed E-state index contributed by atoms with van der Waals surface area (Å²) in [6.07, 6.45) is 0.619. The van der Waals surface area contributed by atoms with Gasteiger partial charge in [0.2, 0.25) is 5.91 Å². The number of nitrogens with one attached hydrogen (secondary N) is 1. The van der Waals surface area contributed by atoms with Gasteiger partial charge in [-0.1, -0.05) is 11.6 Å². The summed E-state index contributed by atoms with van der Waals surface area (Å²) >= 11 is 5.95. The van der Waals surface area contributed by atoms with E-state index in [2.05, 4.69) is 10.4 Å². The number of sulfone groups is 1. The van der Waals surface area contributed by atoms with Crippen LogP contribution in [0.25, 0.3) is 0 Å². The molecule has 26 heavy (non-hydrogen) atoms. The van der Waals surface area contributed by atoms with Crippen molar-refractivity contribution in [2.45, 2.75) is 25.3 Å². The number of rotatable bonds is 4. The molecule has 0 spiro atoms. The molecule has 0 radical (unpaired) electrons. The van der Waals surface area contributed by atoms with Gasteiger partial charge in [-0.2, -0.15) is 5.10 Å². The zero-order valence-corrected chi connectivity index (χ0v) is 15.6. The highest BCUT2D eigenvalue weighted by molar-refractivity contribution is 7.91. The predicted molar refractivity (Wildman–Crippen MR) is 97.2 cm³/mol. The number of benzene rings is 1. The lowest BCUT2D eigenvalue weighted by Gasteiger charge is -2.27. The van der Waals surface area contributed by atoms with E-state index in [4.69, 9.17) is 16.3 Å². The summed E-state index contributed by atoms with van der Waals surface area (Å²) in [7, 11) is -1.69. The van der Waals surface area contributed by atoms with Crippen LogP contribution >= 0.6 is 11.6 Å². The monoisotopic (exact) mass is 399 g/mol. The van der Waals surface area contributed by atoms with Crippen LogP contribution in [0, 0.1) is 0 Å². The number of carbonyl (C=O) groups is 2. The molecule has 2 amide bonds. The number of anilines is 1. The molecule has 2 aliphatic rings. The lowest BCUT2D eigenvalue weighted by Crippen LogP contribution is -2.42. The predicted octanol–water partition coefficient (Wildman–Crippen LogP) is 1.45. The SMILES string of the molecule is COc1ccc(Cl)cc1NC(=O)C1=NN(C2CCS(=O)(=O)C2)C(=O)CC1. The van der Waals surface area contributed by atoms with Crippen molar-refractivity contribution in [3.63, 3.8) is 0 Å². The molecule has 140 valence electrons. The highest BCUT2D eigenvalue weighted by atomic mass is 35.5. The molecule has 0 aromatic heterocycles. The molecule has 0 aliphatic carbocycles. The molecule has 10 heteroatoms. The Labute approximate surface area is 156 Å². The van der Waals surface area contributed by atoms with E-state index in [9.17, 15) is 18.0 Å². The molecule has 2 heterocycles. The first-order valence-electron chi connectivity index (χ1n) is 8.04. The Hall–Kier alpha value is -2.13. The largest absolute Gasteiger partial charge is 0.495 e. The maximum absolute atomic E-state index is 12.5. The molecule has 1 unspecified atom stereocenters. The molecular weight excluding hydrogens is 382 g/mol. The smallest absolute Gasteiger partial charge is 0.271 e. The maximum Gasteiger partial charge on any atom is 0.271 e. The Morgan fingerprint density at radius 3 is 2.81 bits per heavy atom. The molecule has 0 saturated carbocycles. The van der Waals surface area contributed by atoms with E-state index in [1.54, 1.807) is 18.2 Å². The van der Waals surface area contributed by atoms with Crippen molar-refractivity contribution in [1.82, 2.24) is 5.01 Å². The van der Waals surface area contributed by atoms with Gasteiger partial charge in [-0.3, -0.25) is 9.59 Å². The van der Waals surface area contributed by atoms with E-state index in [1.165, 1.54) is 7.11 Å². The molecule has 1 fully saturated rings. The Morgan fingerprint density at radius 1 is 1.38 bits per heavy atom. The van der Waals surface area contributed by atoms with Gasteiger partial charge in [-0.25, -0.2) is 13.4 Å². The number of ether oxygens (including phenoxy) is 1. The summed E-state index contributed by atoms with van der Waals surface area (Å²) in [6, 6.07) is 4.29. The summed E-state index contributed by atoms with van der Waals surface area (Å²) in [4.78, 5) is 24.7. The van der Waals surface area contributed by atoms with Crippen LogP contribution in [0.2, 0.25) is 5.02 Å². The minimum Gasteiger partial charge on any atom is -0.495 e. The van der Waals surface area contributed by atoms with Gasteiger partial charge in [0.25, 0.3) is 5.91 Å². The Kier molecular flexibility index (Phi) is 5.19. The van der Waals surface area contributed by atoms with Gasteiger partial charge in [-0.15, -0.1) is 0 Å². The van der Waals surface area contributed by atoms with Gasteiger partial charge in [0.15, 0.2) is 9.84 Å². The number of carbonyl (C=O) groups excluding carboxylic acids is 2. The maximum atomic E-state index is 12.5. The van der Waals surface area contributed by atoms with Crippen LogP contribution in [0.15, 0.2) is 23.3 Å². The topological polar surface area (TPSA) is 105 Å². The van der Waals surface area contributed by atoms with E-state index in [-0.39, 0.29) is 36.0 Å². The second-order valence-corrected chi connectivity index (χ2v) is 8.81. The second kappa shape index (κ2) is 7.24. The summed E-state index contributed by atoms with van der Waals surface area (Å²) in [6.45, 7) is 0. The van der Waals surface area contributed by atoms with E-state index in [0.29, 0.717) is 22.9 Å². The highest BCUT2D eigenvalue weighted by Crippen LogP contribution is 2.28. The van der Waals surface area contributed by atoms with Gasteiger partial charge in [0.05, 0.1) is 30.3 Å². The molecule has 8 nitrogen and oxygen atoms in total. The van der Waals surface area contributed by atoms with Crippen LogP contribution in [0.3, 0.4) is 0 Å². The molecule has 3 rings (SSSR count). The van der Waals surface area contributed by atoms with Gasteiger partial charge in [0.1, 0.15) is 11.5 Å². The normalized spacial score (nSPS) is 22.1. The summed E-state index contributed by atoms with van der Waals surface area (Å²) in [5.74, 6) is -0.417. The van der Waals surface area contributed by atoms with E-state index in [1.807, 2.05) is 0 Å². The van der Waals surface area contributed by atoms with Crippen molar-refractivity contribution in [2.24, 2.45) is 5.10 Å². The molecule has 1 saturated heterocycles. The van der Waals surface area contributed by atoms with E-state index >= 15 is 0 Å². The average molecular weight is 400 g/mol. The number of methoxy groups -OCH3 is 1. The molecule has 1 atom stereocenters. The third-order valence-electron chi connectivity index (χ3n) is 4.29. The first kappa shape index (κ1) is 18.7. The quantitative estimate of drug-likeness (QED) is 0.825. The molecule has 2 aliphatic heterocycles.